The highest BCUT2D eigenvalue weighted by atomic mass is 32.2. The number of non-ortho nitro benzene ring substituents is 1. The van der Waals surface area contributed by atoms with Crippen LogP contribution in [0, 0.1) is 10.1 Å². The van der Waals surface area contributed by atoms with E-state index >= 15 is 0 Å². The van der Waals surface area contributed by atoms with Gasteiger partial charge in [-0.1, -0.05) is 0 Å². The largest absolute Gasteiger partial charge is 0.492 e. The Morgan fingerprint density at radius 3 is 2.95 bits per heavy atom. The number of nitro benzene ring substituents is 1. The van der Waals surface area contributed by atoms with Crippen LogP contribution >= 0.6 is 11.8 Å². The van der Waals surface area contributed by atoms with Crippen molar-refractivity contribution in [1.29, 1.82) is 0 Å². The number of benzene rings is 1. The summed E-state index contributed by atoms with van der Waals surface area (Å²) in [7, 11) is 1.74. The number of hydrogen-bond donors (Lipinski definition) is 1. The maximum atomic E-state index is 12.3. The number of ether oxygens (including phenoxy) is 1. The molecule has 7 nitrogen and oxygen atoms in total. The van der Waals surface area contributed by atoms with Gasteiger partial charge in [0.25, 0.3) is 5.69 Å². The van der Waals surface area contributed by atoms with Crippen LogP contribution in [0.5, 0.6) is 5.75 Å². The molecule has 22 heavy (non-hydrogen) atoms. The third kappa shape index (κ3) is 3.82. The lowest BCUT2D eigenvalue weighted by Crippen LogP contribution is -2.39. The molecule has 2 amide bonds. The highest BCUT2D eigenvalue weighted by Gasteiger charge is 2.25. The molecule has 0 radical (unpaired) electrons. The molecular formula is C14H19N3O4S. The first-order chi connectivity index (χ1) is 10.5. The van der Waals surface area contributed by atoms with Crippen LogP contribution in [0.25, 0.3) is 0 Å². The molecule has 1 aliphatic heterocycles. The molecule has 0 aliphatic carbocycles. The molecule has 1 N–H and O–H groups in total. The number of amides is 2. The van der Waals surface area contributed by atoms with E-state index in [1.807, 2.05) is 18.7 Å². The molecule has 1 fully saturated rings. The third-order valence-corrected chi connectivity index (χ3v) is 4.63. The van der Waals surface area contributed by atoms with Crippen LogP contribution in [0.4, 0.5) is 16.2 Å². The highest BCUT2D eigenvalue weighted by Crippen LogP contribution is 2.30. The molecule has 1 atom stereocenters. The Labute approximate surface area is 133 Å². The highest BCUT2D eigenvalue weighted by molar-refractivity contribution is 7.99. The minimum absolute atomic E-state index is 0.0853. The van der Waals surface area contributed by atoms with Gasteiger partial charge in [-0.15, -0.1) is 0 Å². The van der Waals surface area contributed by atoms with E-state index in [9.17, 15) is 14.9 Å². The van der Waals surface area contributed by atoms with Crippen molar-refractivity contribution in [3.05, 3.63) is 28.3 Å². The normalized spacial score (nSPS) is 17.1. The summed E-state index contributed by atoms with van der Waals surface area (Å²) in [6.07, 6.45) is 0.960. The zero-order valence-electron chi connectivity index (χ0n) is 12.6. The fraction of sp³-hybridized carbons (Fsp3) is 0.500. The quantitative estimate of drug-likeness (QED) is 0.664. The lowest BCUT2D eigenvalue weighted by Gasteiger charge is -2.24. The average Bonchev–Trinajstić information content (AvgIpc) is 3.02. The standard InChI is InChI=1S/C14H19N3O4S/c1-3-21-13-5-4-10(17(19)20)8-12(13)15-14(18)16(2)11-6-7-22-9-11/h4-5,8,11H,3,6-7,9H2,1-2H3,(H,15,18)/t11-/m1/s1. The molecule has 1 heterocycles. The van der Waals surface area contributed by atoms with E-state index in [0.29, 0.717) is 18.0 Å². The summed E-state index contributed by atoms with van der Waals surface area (Å²) >= 11 is 1.82. The topological polar surface area (TPSA) is 84.7 Å². The second kappa shape index (κ2) is 7.35. The van der Waals surface area contributed by atoms with Crippen LogP contribution in [0.1, 0.15) is 13.3 Å². The third-order valence-electron chi connectivity index (χ3n) is 3.49. The number of rotatable bonds is 5. The molecule has 0 saturated carbocycles. The number of thioether (sulfide) groups is 1. The Hall–Kier alpha value is -1.96. The van der Waals surface area contributed by atoms with Gasteiger partial charge in [0.1, 0.15) is 5.75 Å². The van der Waals surface area contributed by atoms with Gasteiger partial charge in [-0.2, -0.15) is 11.8 Å². The molecule has 1 saturated heterocycles. The first kappa shape index (κ1) is 16.4. The first-order valence-electron chi connectivity index (χ1n) is 7.05. The van der Waals surface area contributed by atoms with Gasteiger partial charge >= 0.3 is 6.03 Å². The molecule has 1 aliphatic rings. The monoisotopic (exact) mass is 325 g/mol. The molecule has 0 spiro atoms. The van der Waals surface area contributed by atoms with Gasteiger partial charge in [0.15, 0.2) is 0 Å². The second-order valence-electron chi connectivity index (χ2n) is 4.93. The van der Waals surface area contributed by atoms with Gasteiger partial charge in [0.2, 0.25) is 0 Å². The number of urea groups is 1. The van der Waals surface area contributed by atoms with Gasteiger partial charge < -0.3 is 15.0 Å². The summed E-state index contributed by atoms with van der Waals surface area (Å²) in [5.41, 5.74) is 0.233. The number of nitrogens with zero attached hydrogens (tertiary/aromatic N) is 2. The van der Waals surface area contributed by atoms with Crippen molar-refractivity contribution in [3.63, 3.8) is 0 Å². The maximum Gasteiger partial charge on any atom is 0.321 e. The van der Waals surface area contributed by atoms with Crippen LogP contribution in [0.15, 0.2) is 18.2 Å². The molecule has 0 unspecified atom stereocenters. The number of nitro groups is 1. The Morgan fingerprint density at radius 1 is 1.59 bits per heavy atom. The number of carbonyl (C=O) groups is 1. The van der Waals surface area contributed by atoms with E-state index in [0.717, 1.165) is 17.9 Å². The van der Waals surface area contributed by atoms with E-state index in [1.54, 1.807) is 11.9 Å². The van der Waals surface area contributed by atoms with Crippen molar-refractivity contribution in [1.82, 2.24) is 4.90 Å². The van der Waals surface area contributed by atoms with Gasteiger partial charge in [0.05, 0.1) is 17.2 Å². The minimum atomic E-state index is -0.497. The summed E-state index contributed by atoms with van der Waals surface area (Å²) in [6.45, 7) is 2.23. The van der Waals surface area contributed by atoms with E-state index in [-0.39, 0.29) is 17.8 Å². The van der Waals surface area contributed by atoms with Gasteiger partial charge in [-0.05, 0) is 25.2 Å². The van der Waals surface area contributed by atoms with Crippen LogP contribution in [-0.2, 0) is 0 Å². The summed E-state index contributed by atoms with van der Waals surface area (Å²) < 4.78 is 5.42. The van der Waals surface area contributed by atoms with Gasteiger partial charge in [-0.3, -0.25) is 10.1 Å². The second-order valence-corrected chi connectivity index (χ2v) is 6.08. The SMILES string of the molecule is CCOc1ccc([N+](=O)[O-])cc1NC(=O)N(C)[C@@H]1CCSC1. The van der Waals surface area contributed by atoms with Crippen LogP contribution in [0.2, 0.25) is 0 Å². The smallest absolute Gasteiger partial charge is 0.321 e. The predicted octanol–water partition coefficient (Wildman–Crippen LogP) is 2.96. The van der Waals surface area contributed by atoms with E-state index in [2.05, 4.69) is 5.32 Å². The van der Waals surface area contributed by atoms with Crippen molar-refractivity contribution in [3.8, 4) is 5.75 Å². The lowest BCUT2D eigenvalue weighted by atomic mass is 10.2. The molecule has 8 heteroatoms. The molecule has 1 aromatic rings. The number of nitrogens with one attached hydrogen (secondary N) is 1. The van der Waals surface area contributed by atoms with E-state index in [1.165, 1.54) is 18.2 Å². The molecule has 0 aromatic heterocycles. The summed E-state index contributed by atoms with van der Waals surface area (Å²) in [5.74, 6) is 2.39. The average molecular weight is 325 g/mol. The van der Waals surface area contributed by atoms with Crippen LogP contribution < -0.4 is 10.1 Å². The Morgan fingerprint density at radius 2 is 2.36 bits per heavy atom. The Kier molecular flexibility index (Phi) is 5.48. The molecule has 2 rings (SSSR count). The zero-order valence-corrected chi connectivity index (χ0v) is 13.4. The Bertz CT molecular complexity index is 561. The zero-order chi connectivity index (χ0) is 16.1. The van der Waals surface area contributed by atoms with Crippen molar-refractivity contribution in [2.75, 3.05) is 30.5 Å². The molecular weight excluding hydrogens is 306 g/mol. The Balaban J connectivity index is 2.16. The van der Waals surface area contributed by atoms with E-state index < -0.39 is 4.92 Å². The molecule has 0 bridgehead atoms. The fourth-order valence-corrected chi connectivity index (χ4v) is 3.48. The summed E-state index contributed by atoms with van der Waals surface area (Å²) in [6, 6.07) is 4.09. The molecule has 1 aromatic carbocycles. The summed E-state index contributed by atoms with van der Waals surface area (Å²) in [4.78, 5) is 24.4. The minimum Gasteiger partial charge on any atom is -0.492 e. The van der Waals surface area contributed by atoms with Crippen molar-refractivity contribution >= 4 is 29.2 Å². The van der Waals surface area contributed by atoms with Gasteiger partial charge in [0, 0.05) is 31.0 Å². The van der Waals surface area contributed by atoms with Crippen molar-refractivity contribution < 1.29 is 14.5 Å². The van der Waals surface area contributed by atoms with Crippen LogP contribution in [-0.4, -0.2) is 47.1 Å². The first-order valence-corrected chi connectivity index (χ1v) is 8.21. The predicted molar refractivity (Wildman–Crippen MR) is 86.8 cm³/mol. The summed E-state index contributed by atoms with van der Waals surface area (Å²) in [5, 5.41) is 13.6. The van der Waals surface area contributed by atoms with Gasteiger partial charge in [-0.25, -0.2) is 4.79 Å². The fourth-order valence-electron chi connectivity index (χ4n) is 2.21. The van der Waals surface area contributed by atoms with E-state index in [4.69, 9.17) is 4.74 Å². The number of hydrogen-bond acceptors (Lipinski definition) is 5. The maximum absolute atomic E-state index is 12.3. The number of carbonyl (C=O) groups excluding carboxylic acids is 1. The number of anilines is 1. The molecule has 120 valence electrons. The van der Waals surface area contributed by atoms with Crippen molar-refractivity contribution in [2.24, 2.45) is 0 Å². The van der Waals surface area contributed by atoms with Crippen LogP contribution in [0.3, 0.4) is 0 Å². The lowest BCUT2D eigenvalue weighted by molar-refractivity contribution is -0.384. The van der Waals surface area contributed by atoms with Crippen molar-refractivity contribution in [2.45, 2.75) is 19.4 Å².